The summed E-state index contributed by atoms with van der Waals surface area (Å²) in [4.78, 5) is 2.23. The second kappa shape index (κ2) is 7.02. The van der Waals surface area contributed by atoms with E-state index >= 15 is 0 Å². The van der Waals surface area contributed by atoms with Crippen LogP contribution in [0.4, 0.5) is 10.2 Å². The number of aromatic nitrogens is 4. The molecule has 0 aliphatic carbocycles. The first-order valence-electron chi connectivity index (χ1n) is 10.6. The molecule has 1 unspecified atom stereocenters. The van der Waals surface area contributed by atoms with Gasteiger partial charge in [0.05, 0.1) is 23.8 Å². The molecule has 5 rings (SSSR count). The average Bonchev–Trinajstić information content (AvgIpc) is 3.27. The van der Waals surface area contributed by atoms with E-state index < -0.39 is 5.82 Å². The van der Waals surface area contributed by atoms with Crippen LogP contribution in [0.3, 0.4) is 0 Å². The van der Waals surface area contributed by atoms with Gasteiger partial charge in [-0.25, -0.2) is 9.07 Å². The van der Waals surface area contributed by atoms with Gasteiger partial charge in [-0.05, 0) is 63.8 Å². The second-order valence-corrected chi connectivity index (χ2v) is 9.50. The summed E-state index contributed by atoms with van der Waals surface area (Å²) < 4.78 is 14.6. The van der Waals surface area contributed by atoms with Crippen LogP contribution in [-0.4, -0.2) is 49.3 Å². The van der Waals surface area contributed by atoms with E-state index in [0.717, 1.165) is 24.9 Å². The van der Waals surface area contributed by atoms with Gasteiger partial charge in [-0.2, -0.15) is 5.10 Å². The van der Waals surface area contributed by atoms with Crippen molar-refractivity contribution in [3.8, 4) is 22.7 Å². The van der Waals surface area contributed by atoms with Gasteiger partial charge < -0.3 is 15.3 Å². The third kappa shape index (κ3) is 3.65. The third-order valence-corrected chi connectivity index (χ3v) is 6.84. The Bertz CT molecular complexity index is 1100. The number of benzene rings is 1. The van der Waals surface area contributed by atoms with Crippen LogP contribution in [0.2, 0.25) is 0 Å². The van der Waals surface area contributed by atoms with E-state index in [4.69, 9.17) is 0 Å². The number of halogens is 1. The molecule has 3 aromatic rings. The largest absolute Gasteiger partial charge is 0.507 e. The lowest BCUT2D eigenvalue weighted by molar-refractivity contribution is 0.207. The third-order valence-electron chi connectivity index (χ3n) is 6.84. The Hall–Kier alpha value is -3.00. The molecule has 2 N–H and O–H groups in total. The van der Waals surface area contributed by atoms with E-state index in [0.29, 0.717) is 23.0 Å². The maximum atomic E-state index is 13.2. The van der Waals surface area contributed by atoms with Crippen molar-refractivity contribution in [2.24, 2.45) is 0 Å². The van der Waals surface area contributed by atoms with Crippen LogP contribution in [-0.2, 0) is 0 Å². The van der Waals surface area contributed by atoms with Crippen LogP contribution in [0, 0.1) is 5.82 Å². The van der Waals surface area contributed by atoms with Crippen LogP contribution in [0.1, 0.15) is 39.5 Å². The fraction of sp³-hybridized carbons (Fsp3) is 0.435. The number of nitrogens with one attached hydrogen (secondary N) is 1. The maximum Gasteiger partial charge on any atom is 0.161 e. The summed E-state index contributed by atoms with van der Waals surface area (Å²) in [6.45, 7) is 4.63. The molecular formula is C23H27FN6O. The number of anilines is 1. The summed E-state index contributed by atoms with van der Waals surface area (Å²) in [6, 6.07) is 9.27. The van der Waals surface area contributed by atoms with Gasteiger partial charge in [-0.1, -0.05) is 0 Å². The highest BCUT2D eigenvalue weighted by atomic mass is 19.1. The van der Waals surface area contributed by atoms with Gasteiger partial charge in [0.15, 0.2) is 11.6 Å². The normalized spacial score (nSPS) is 27.4. The predicted octanol–water partition coefficient (Wildman–Crippen LogP) is 3.67. The van der Waals surface area contributed by atoms with E-state index in [1.54, 1.807) is 12.1 Å². The fourth-order valence-electron chi connectivity index (χ4n) is 5.26. The molecule has 2 aliphatic heterocycles. The summed E-state index contributed by atoms with van der Waals surface area (Å²) >= 11 is 0. The monoisotopic (exact) mass is 422 g/mol. The van der Waals surface area contributed by atoms with Gasteiger partial charge >= 0.3 is 0 Å². The number of nitrogens with zero attached hydrogens (tertiary/aromatic N) is 5. The fourth-order valence-corrected chi connectivity index (χ4v) is 5.26. The Kier molecular flexibility index (Phi) is 4.51. The summed E-state index contributed by atoms with van der Waals surface area (Å²) in [5.41, 5.74) is 2.08. The first-order valence-corrected chi connectivity index (χ1v) is 10.6. The molecule has 4 heterocycles. The number of hydrogen-bond donors (Lipinski definition) is 2. The molecule has 7 nitrogen and oxygen atoms in total. The van der Waals surface area contributed by atoms with Crippen molar-refractivity contribution in [3.63, 3.8) is 0 Å². The first kappa shape index (κ1) is 19.9. The van der Waals surface area contributed by atoms with Crippen molar-refractivity contribution in [1.29, 1.82) is 0 Å². The van der Waals surface area contributed by atoms with Crippen molar-refractivity contribution in [2.45, 2.75) is 56.7 Å². The minimum absolute atomic E-state index is 0.0413. The SMILES string of the molecule is CN(c1ccc(-c2ccc(-n3cc(F)cn3)cc2O)nn1)C1C[C@]2(C)CC[C@](C)(C1)N2. The number of fused-ring (bicyclic) bond motifs is 2. The Morgan fingerprint density at radius 3 is 2.45 bits per heavy atom. The van der Waals surface area contributed by atoms with E-state index in [-0.39, 0.29) is 16.8 Å². The highest BCUT2D eigenvalue weighted by Crippen LogP contribution is 2.43. The highest BCUT2D eigenvalue weighted by Gasteiger charge is 2.49. The molecule has 162 valence electrons. The molecule has 0 radical (unpaired) electrons. The number of piperidine rings is 1. The molecule has 0 saturated carbocycles. The second-order valence-electron chi connectivity index (χ2n) is 9.50. The minimum Gasteiger partial charge on any atom is -0.507 e. The van der Waals surface area contributed by atoms with Crippen LogP contribution >= 0.6 is 0 Å². The standard InChI is InChI=1S/C23H27FN6O/c1-22-8-9-23(2,28-22)12-17(11-22)29(3)21-7-6-19(26-27-21)18-5-4-16(10-20(18)31)30-14-15(24)13-25-30/h4-7,10,13-14,17,28,31H,8-9,11-12H2,1-3H3/t17?,22-,23+. The van der Waals surface area contributed by atoms with Crippen LogP contribution in [0.15, 0.2) is 42.7 Å². The number of phenols is 1. The molecule has 2 bridgehead atoms. The van der Waals surface area contributed by atoms with Crippen molar-refractivity contribution in [1.82, 2.24) is 25.3 Å². The molecule has 3 atom stereocenters. The van der Waals surface area contributed by atoms with Gasteiger partial charge in [-0.3, -0.25) is 0 Å². The van der Waals surface area contributed by atoms with Gasteiger partial charge in [0.2, 0.25) is 0 Å². The number of rotatable bonds is 4. The molecule has 1 aromatic carbocycles. The summed E-state index contributed by atoms with van der Waals surface area (Å²) in [5, 5.41) is 27.1. The van der Waals surface area contributed by atoms with Crippen molar-refractivity contribution in [3.05, 3.63) is 48.5 Å². The maximum absolute atomic E-state index is 13.2. The number of phenolic OH excluding ortho intramolecular Hbond substituents is 1. The molecule has 31 heavy (non-hydrogen) atoms. The summed E-state index contributed by atoms with van der Waals surface area (Å²) in [6.07, 6.45) is 6.96. The first-order chi connectivity index (χ1) is 14.7. The molecule has 2 fully saturated rings. The number of aromatic hydroxyl groups is 1. The quantitative estimate of drug-likeness (QED) is 0.668. The Balaban J connectivity index is 1.35. The zero-order chi connectivity index (χ0) is 21.8. The van der Waals surface area contributed by atoms with E-state index in [1.807, 2.05) is 12.1 Å². The zero-order valence-electron chi connectivity index (χ0n) is 18.0. The lowest BCUT2D eigenvalue weighted by Gasteiger charge is -2.45. The lowest BCUT2D eigenvalue weighted by atomic mass is 9.84. The Morgan fingerprint density at radius 1 is 1.13 bits per heavy atom. The summed E-state index contributed by atoms with van der Waals surface area (Å²) in [5.74, 6) is 0.434. The molecule has 2 aliphatic rings. The Labute approximate surface area is 180 Å². The molecule has 8 heteroatoms. The lowest BCUT2D eigenvalue weighted by Crippen LogP contribution is -2.58. The van der Waals surface area contributed by atoms with E-state index in [1.165, 1.54) is 29.8 Å². The molecule has 2 aromatic heterocycles. The predicted molar refractivity (Wildman–Crippen MR) is 117 cm³/mol. The van der Waals surface area contributed by atoms with Crippen molar-refractivity contribution in [2.75, 3.05) is 11.9 Å². The van der Waals surface area contributed by atoms with Gasteiger partial charge in [-0.15, -0.1) is 10.2 Å². The van der Waals surface area contributed by atoms with Crippen LogP contribution < -0.4 is 10.2 Å². The van der Waals surface area contributed by atoms with Crippen molar-refractivity contribution >= 4 is 5.82 Å². The topological polar surface area (TPSA) is 79.1 Å². The summed E-state index contributed by atoms with van der Waals surface area (Å²) in [7, 11) is 2.08. The zero-order valence-corrected chi connectivity index (χ0v) is 18.0. The van der Waals surface area contributed by atoms with Crippen LogP contribution in [0.5, 0.6) is 5.75 Å². The van der Waals surface area contributed by atoms with Gasteiger partial charge in [0.25, 0.3) is 0 Å². The Morgan fingerprint density at radius 2 is 1.87 bits per heavy atom. The van der Waals surface area contributed by atoms with E-state index in [2.05, 4.69) is 46.4 Å². The van der Waals surface area contributed by atoms with E-state index in [9.17, 15) is 9.50 Å². The number of hydrogen-bond acceptors (Lipinski definition) is 6. The molecule has 2 saturated heterocycles. The molecule has 0 spiro atoms. The van der Waals surface area contributed by atoms with Gasteiger partial charge in [0.1, 0.15) is 5.75 Å². The molecule has 0 amide bonds. The van der Waals surface area contributed by atoms with Gasteiger partial charge in [0, 0.05) is 35.8 Å². The average molecular weight is 423 g/mol. The van der Waals surface area contributed by atoms with Crippen LogP contribution in [0.25, 0.3) is 16.9 Å². The molecular weight excluding hydrogens is 395 g/mol. The smallest absolute Gasteiger partial charge is 0.161 e. The minimum atomic E-state index is -0.432. The van der Waals surface area contributed by atoms with Crippen molar-refractivity contribution < 1.29 is 9.50 Å². The highest BCUT2D eigenvalue weighted by molar-refractivity contribution is 5.69.